The average molecular weight is 291 g/mol. The van der Waals surface area contributed by atoms with Crippen LogP contribution >= 0.6 is 34.7 Å². The average Bonchev–Trinajstić information content (AvgIpc) is 2.78. The highest BCUT2D eigenvalue weighted by Crippen LogP contribution is 2.33. The molecule has 1 atom stereocenters. The van der Waals surface area contributed by atoms with E-state index in [1.807, 2.05) is 6.07 Å². The van der Waals surface area contributed by atoms with Crippen molar-refractivity contribution >= 4 is 34.7 Å². The molecule has 0 bridgehead atoms. The summed E-state index contributed by atoms with van der Waals surface area (Å²) in [5.74, 6) is 6.67. The minimum absolute atomic E-state index is 0.236. The van der Waals surface area contributed by atoms with Gasteiger partial charge in [0.2, 0.25) is 0 Å². The van der Waals surface area contributed by atoms with Crippen LogP contribution in [0.2, 0.25) is 4.34 Å². The molecule has 0 spiro atoms. The Labute approximate surface area is 116 Å². The van der Waals surface area contributed by atoms with Crippen molar-refractivity contribution in [2.45, 2.75) is 43.4 Å². The van der Waals surface area contributed by atoms with Crippen molar-refractivity contribution in [1.82, 2.24) is 5.43 Å². The van der Waals surface area contributed by atoms with E-state index in [-0.39, 0.29) is 6.04 Å². The Morgan fingerprint density at radius 1 is 1.41 bits per heavy atom. The van der Waals surface area contributed by atoms with E-state index in [9.17, 15) is 0 Å². The highest BCUT2D eigenvalue weighted by Gasteiger charge is 2.18. The molecule has 1 aromatic rings. The Kier molecular flexibility index (Phi) is 5.63. The molecule has 0 aliphatic heterocycles. The lowest BCUT2D eigenvalue weighted by Gasteiger charge is -2.23. The molecule has 1 heterocycles. The van der Waals surface area contributed by atoms with Gasteiger partial charge in [0.1, 0.15) is 0 Å². The van der Waals surface area contributed by atoms with Crippen LogP contribution in [0.3, 0.4) is 0 Å². The number of hydrogen-bond acceptors (Lipinski definition) is 4. The van der Waals surface area contributed by atoms with E-state index in [4.69, 9.17) is 17.4 Å². The molecule has 0 amide bonds. The van der Waals surface area contributed by atoms with Gasteiger partial charge in [-0.05, 0) is 25.0 Å². The van der Waals surface area contributed by atoms with Crippen LogP contribution in [0.1, 0.15) is 43.0 Å². The molecule has 1 fully saturated rings. The quantitative estimate of drug-likeness (QED) is 0.636. The first-order valence-electron chi connectivity index (χ1n) is 6.12. The molecule has 2 rings (SSSR count). The van der Waals surface area contributed by atoms with Gasteiger partial charge in [0.15, 0.2) is 0 Å². The Morgan fingerprint density at radius 2 is 2.18 bits per heavy atom. The Bertz CT molecular complexity index is 337. The maximum absolute atomic E-state index is 5.95. The summed E-state index contributed by atoms with van der Waals surface area (Å²) in [4.78, 5) is 1.24. The molecule has 2 nitrogen and oxygen atoms in total. The lowest BCUT2D eigenvalue weighted by Crippen LogP contribution is -2.29. The molecule has 96 valence electrons. The highest BCUT2D eigenvalue weighted by atomic mass is 35.5. The second-order valence-electron chi connectivity index (χ2n) is 4.45. The Morgan fingerprint density at radius 3 is 2.76 bits per heavy atom. The van der Waals surface area contributed by atoms with Crippen LogP contribution in [0.4, 0.5) is 0 Å². The van der Waals surface area contributed by atoms with Gasteiger partial charge >= 0.3 is 0 Å². The first-order chi connectivity index (χ1) is 8.29. The van der Waals surface area contributed by atoms with Crippen LogP contribution in [0.15, 0.2) is 12.1 Å². The van der Waals surface area contributed by atoms with Crippen LogP contribution in [-0.4, -0.2) is 11.0 Å². The topological polar surface area (TPSA) is 38.0 Å². The van der Waals surface area contributed by atoms with Gasteiger partial charge in [-0.3, -0.25) is 11.3 Å². The van der Waals surface area contributed by atoms with E-state index < -0.39 is 0 Å². The molecule has 1 saturated carbocycles. The minimum Gasteiger partial charge on any atom is -0.271 e. The summed E-state index contributed by atoms with van der Waals surface area (Å²) in [6, 6.07) is 4.25. The number of nitrogens with two attached hydrogens (primary N) is 1. The van der Waals surface area contributed by atoms with Crippen molar-refractivity contribution in [3.8, 4) is 0 Å². The first kappa shape index (κ1) is 13.7. The van der Waals surface area contributed by atoms with Gasteiger partial charge in [-0.25, -0.2) is 0 Å². The van der Waals surface area contributed by atoms with E-state index in [0.29, 0.717) is 0 Å². The van der Waals surface area contributed by atoms with Crippen molar-refractivity contribution in [2.24, 2.45) is 5.84 Å². The standard InChI is InChI=1S/C12H19ClN2S2/c13-12-7-6-11(17-12)10(15-14)8-16-9-4-2-1-3-5-9/h6-7,9-10,15H,1-5,8,14H2. The first-order valence-corrected chi connectivity index (χ1v) is 8.37. The van der Waals surface area contributed by atoms with E-state index in [1.54, 1.807) is 11.3 Å². The van der Waals surface area contributed by atoms with E-state index >= 15 is 0 Å². The zero-order chi connectivity index (χ0) is 12.1. The molecular weight excluding hydrogens is 272 g/mol. The van der Waals surface area contributed by atoms with Crippen molar-refractivity contribution in [1.29, 1.82) is 0 Å². The molecule has 3 N–H and O–H groups in total. The van der Waals surface area contributed by atoms with E-state index in [1.165, 1.54) is 37.0 Å². The van der Waals surface area contributed by atoms with Gasteiger partial charge in [0, 0.05) is 15.9 Å². The fourth-order valence-electron chi connectivity index (χ4n) is 2.19. The summed E-state index contributed by atoms with van der Waals surface area (Å²) < 4.78 is 0.836. The predicted octanol–water partition coefficient (Wildman–Crippen LogP) is 3.97. The number of rotatable bonds is 5. The Hall–Kier alpha value is 0.260. The predicted molar refractivity (Wildman–Crippen MR) is 78.7 cm³/mol. The van der Waals surface area contributed by atoms with Crippen molar-refractivity contribution < 1.29 is 0 Å². The molecule has 17 heavy (non-hydrogen) atoms. The van der Waals surface area contributed by atoms with Crippen molar-refractivity contribution in [3.63, 3.8) is 0 Å². The molecule has 5 heteroatoms. The summed E-state index contributed by atoms with van der Waals surface area (Å²) in [6.07, 6.45) is 6.93. The minimum atomic E-state index is 0.236. The highest BCUT2D eigenvalue weighted by molar-refractivity contribution is 7.99. The van der Waals surface area contributed by atoms with Crippen LogP contribution in [0.25, 0.3) is 0 Å². The third kappa shape index (κ3) is 4.14. The molecule has 1 aromatic heterocycles. The SMILES string of the molecule is NNC(CSC1CCCCC1)c1ccc(Cl)s1. The fraction of sp³-hybridized carbons (Fsp3) is 0.667. The second kappa shape index (κ2) is 7.00. The van der Waals surface area contributed by atoms with Gasteiger partial charge in [-0.1, -0.05) is 30.9 Å². The maximum Gasteiger partial charge on any atom is 0.0931 e. The summed E-state index contributed by atoms with van der Waals surface area (Å²) in [5, 5.41) is 0.829. The molecule has 0 saturated heterocycles. The number of thioether (sulfide) groups is 1. The van der Waals surface area contributed by atoms with E-state index in [2.05, 4.69) is 23.3 Å². The summed E-state index contributed by atoms with van der Waals surface area (Å²) in [7, 11) is 0. The lowest BCUT2D eigenvalue weighted by molar-refractivity contribution is 0.514. The van der Waals surface area contributed by atoms with Gasteiger partial charge in [0.25, 0.3) is 0 Å². The number of hydrogen-bond donors (Lipinski definition) is 2. The molecule has 1 aliphatic rings. The van der Waals surface area contributed by atoms with Gasteiger partial charge in [-0.2, -0.15) is 11.8 Å². The number of nitrogens with one attached hydrogen (secondary N) is 1. The molecule has 1 unspecified atom stereocenters. The normalized spacial score (nSPS) is 19.4. The van der Waals surface area contributed by atoms with Gasteiger partial charge < -0.3 is 0 Å². The fourth-order valence-corrected chi connectivity index (χ4v) is 4.83. The van der Waals surface area contributed by atoms with Crippen LogP contribution in [-0.2, 0) is 0 Å². The van der Waals surface area contributed by atoms with Gasteiger partial charge in [-0.15, -0.1) is 11.3 Å². The van der Waals surface area contributed by atoms with Crippen LogP contribution < -0.4 is 11.3 Å². The summed E-state index contributed by atoms with van der Waals surface area (Å²) in [5.41, 5.74) is 2.90. The summed E-state index contributed by atoms with van der Waals surface area (Å²) >= 11 is 9.63. The van der Waals surface area contributed by atoms with E-state index in [0.717, 1.165) is 15.3 Å². The van der Waals surface area contributed by atoms with Crippen LogP contribution in [0, 0.1) is 0 Å². The number of thiophene rings is 1. The lowest BCUT2D eigenvalue weighted by atomic mass is 10.0. The molecule has 0 aromatic carbocycles. The van der Waals surface area contributed by atoms with Crippen molar-refractivity contribution in [3.05, 3.63) is 21.3 Å². The smallest absolute Gasteiger partial charge is 0.0931 e. The summed E-state index contributed by atoms with van der Waals surface area (Å²) in [6.45, 7) is 0. The third-order valence-corrected chi connectivity index (χ3v) is 6.00. The van der Waals surface area contributed by atoms with Gasteiger partial charge in [0.05, 0.1) is 10.4 Å². The number of hydrazine groups is 1. The number of halogens is 1. The monoisotopic (exact) mass is 290 g/mol. The Balaban J connectivity index is 1.82. The zero-order valence-electron chi connectivity index (χ0n) is 9.82. The maximum atomic E-state index is 5.95. The molecule has 0 radical (unpaired) electrons. The van der Waals surface area contributed by atoms with Crippen molar-refractivity contribution in [2.75, 3.05) is 5.75 Å². The zero-order valence-corrected chi connectivity index (χ0v) is 12.2. The second-order valence-corrected chi connectivity index (χ2v) is 7.53. The largest absolute Gasteiger partial charge is 0.271 e. The molecule has 1 aliphatic carbocycles. The molecular formula is C12H19ClN2S2. The van der Waals surface area contributed by atoms with Crippen LogP contribution in [0.5, 0.6) is 0 Å². The third-order valence-electron chi connectivity index (χ3n) is 3.19.